The Morgan fingerprint density at radius 2 is 1.06 bits per heavy atom. The molecule has 6 aromatic rings. The molecule has 0 atom stereocenters. The first-order chi connectivity index (χ1) is 16.4. The van der Waals surface area contributed by atoms with Crippen LogP contribution in [-0.2, 0) is 0 Å². The van der Waals surface area contributed by atoms with Crippen LogP contribution in [0.2, 0.25) is 19.6 Å². The first-order valence-electron chi connectivity index (χ1n) is 11.2. The third-order valence-corrected chi connectivity index (χ3v) is 6.41. The second kappa shape index (κ2) is 8.63. The molecule has 0 aliphatic carbocycles. The predicted octanol–water partition coefficient (Wildman–Crippen LogP) is 8.38. The highest BCUT2D eigenvalue weighted by Gasteiger charge is 2.11. The summed E-state index contributed by atoms with van der Waals surface area (Å²) in [6.45, 7) is 6.75. The highest BCUT2D eigenvalue weighted by atomic mass is 28.3. The van der Waals surface area contributed by atoms with Crippen molar-refractivity contribution in [2.24, 2.45) is 0 Å². The van der Waals surface area contributed by atoms with E-state index in [9.17, 15) is 0 Å². The normalized spacial score (nSPS) is 11.1. The van der Waals surface area contributed by atoms with E-state index in [-0.39, 0.29) is 0 Å². The number of para-hydroxylation sites is 4. The highest BCUT2D eigenvalue weighted by Crippen LogP contribution is 2.31. The molecule has 0 fully saturated rings. The van der Waals surface area contributed by atoms with E-state index < -0.39 is 8.07 Å². The third kappa shape index (κ3) is 4.10. The molecular weight excluding hydrogens is 432 g/mol. The van der Waals surface area contributed by atoms with E-state index in [1.165, 1.54) is 0 Å². The van der Waals surface area contributed by atoms with Gasteiger partial charge < -0.3 is 8.83 Å². The lowest BCUT2D eigenvalue weighted by Crippen LogP contribution is -2.16. The zero-order chi connectivity index (χ0) is 23.7. The van der Waals surface area contributed by atoms with Gasteiger partial charge in [0.15, 0.2) is 11.2 Å². The minimum atomic E-state index is -1.37. The largest absolute Gasteiger partial charge is 0.455 e. The lowest BCUT2D eigenvalue weighted by molar-refractivity contribution is 0.667. The summed E-state index contributed by atoms with van der Waals surface area (Å²) in [6.07, 6.45) is 5.43. The van der Waals surface area contributed by atoms with Gasteiger partial charge in [0.1, 0.15) is 19.2 Å². The Balaban J connectivity index is 0.000000145. The maximum Gasteiger partial charge on any atom is 0.151 e. The van der Waals surface area contributed by atoms with Crippen molar-refractivity contribution >= 4 is 52.0 Å². The number of benzene rings is 4. The molecule has 164 valence electrons. The summed E-state index contributed by atoms with van der Waals surface area (Å²) >= 11 is 0. The molecule has 4 aromatic carbocycles. The Morgan fingerprint density at radius 1 is 0.588 bits per heavy atom. The fourth-order valence-electron chi connectivity index (χ4n) is 3.96. The van der Waals surface area contributed by atoms with Gasteiger partial charge in [-0.25, -0.2) is 0 Å². The van der Waals surface area contributed by atoms with Crippen molar-refractivity contribution < 1.29 is 8.83 Å². The van der Waals surface area contributed by atoms with Crippen molar-refractivity contribution in [1.29, 1.82) is 0 Å². The van der Waals surface area contributed by atoms with Gasteiger partial charge in [-0.05, 0) is 24.3 Å². The molecule has 0 N–H and O–H groups in total. The Kier molecular flexibility index (Phi) is 5.50. The second-order valence-corrected chi connectivity index (χ2v) is 14.0. The number of terminal acetylenes is 1. The molecule has 0 saturated carbocycles. The zero-order valence-corrected chi connectivity index (χ0v) is 20.5. The van der Waals surface area contributed by atoms with E-state index in [0.717, 1.165) is 55.0 Å². The second-order valence-electron chi connectivity index (χ2n) is 9.21. The molecule has 0 bridgehead atoms. The highest BCUT2D eigenvalue weighted by molar-refractivity contribution is 6.83. The van der Waals surface area contributed by atoms with Crippen LogP contribution in [0.25, 0.3) is 43.9 Å². The molecule has 0 aliphatic rings. The van der Waals surface area contributed by atoms with Crippen molar-refractivity contribution in [2.45, 2.75) is 19.6 Å². The molecule has 0 saturated heterocycles. The molecule has 0 spiro atoms. The summed E-state index contributed by atoms with van der Waals surface area (Å²) in [7, 11) is -1.37. The zero-order valence-electron chi connectivity index (χ0n) is 19.5. The monoisotopic (exact) mass is 456 g/mol. The Morgan fingerprint density at radius 3 is 1.59 bits per heavy atom. The first-order valence-corrected chi connectivity index (χ1v) is 14.7. The standard InChI is InChI=1S/C17H16OSi.C14H8O/c1-19(2,3)12-11-13-7-6-9-15-14-8-4-5-10-16(14)18-17(13)15;1-2-10-6-5-8-12-11-7-3-4-9-13(11)15-14(10)12/h4-10H,1-3H3;1,3-9H. The molecular formula is C31H24O2Si. The molecule has 0 amide bonds. The fraction of sp³-hybridized carbons (Fsp3) is 0.0968. The van der Waals surface area contributed by atoms with Crippen molar-refractivity contribution in [3.8, 4) is 23.8 Å². The van der Waals surface area contributed by atoms with Crippen LogP contribution in [-0.4, -0.2) is 8.07 Å². The van der Waals surface area contributed by atoms with Crippen molar-refractivity contribution in [2.75, 3.05) is 0 Å². The lowest BCUT2D eigenvalue weighted by Gasteiger charge is -2.03. The van der Waals surface area contributed by atoms with Crippen LogP contribution in [0.5, 0.6) is 0 Å². The fourth-order valence-corrected chi connectivity index (χ4v) is 4.47. The first kappa shape index (κ1) is 21.7. The van der Waals surface area contributed by atoms with E-state index in [2.05, 4.69) is 55.2 Å². The summed E-state index contributed by atoms with van der Waals surface area (Å²) in [4.78, 5) is 0. The maximum absolute atomic E-state index is 5.96. The van der Waals surface area contributed by atoms with Crippen LogP contribution < -0.4 is 0 Å². The van der Waals surface area contributed by atoms with Gasteiger partial charge in [0.25, 0.3) is 0 Å². The van der Waals surface area contributed by atoms with Gasteiger partial charge in [0.05, 0.1) is 11.1 Å². The number of rotatable bonds is 0. The van der Waals surface area contributed by atoms with Gasteiger partial charge in [0, 0.05) is 21.5 Å². The van der Waals surface area contributed by atoms with Gasteiger partial charge >= 0.3 is 0 Å². The molecule has 0 unspecified atom stereocenters. The molecule has 2 nitrogen and oxygen atoms in total. The summed E-state index contributed by atoms with van der Waals surface area (Å²) in [5.41, 5.74) is 8.74. The quantitative estimate of drug-likeness (QED) is 0.169. The van der Waals surface area contributed by atoms with E-state index in [4.69, 9.17) is 15.3 Å². The van der Waals surface area contributed by atoms with Gasteiger partial charge in [0.2, 0.25) is 0 Å². The van der Waals surface area contributed by atoms with E-state index in [1.54, 1.807) is 0 Å². The lowest BCUT2D eigenvalue weighted by atomic mass is 10.1. The van der Waals surface area contributed by atoms with Crippen molar-refractivity contribution in [3.63, 3.8) is 0 Å². The smallest absolute Gasteiger partial charge is 0.151 e. The number of hydrogen-bond acceptors (Lipinski definition) is 2. The van der Waals surface area contributed by atoms with E-state index >= 15 is 0 Å². The molecule has 2 aromatic heterocycles. The summed E-state index contributed by atoms with van der Waals surface area (Å²) in [6, 6.07) is 28.2. The van der Waals surface area contributed by atoms with Crippen LogP contribution in [0.15, 0.2) is 93.8 Å². The van der Waals surface area contributed by atoms with Crippen molar-refractivity contribution in [1.82, 2.24) is 0 Å². The van der Waals surface area contributed by atoms with Crippen LogP contribution in [0.3, 0.4) is 0 Å². The maximum atomic E-state index is 5.96. The van der Waals surface area contributed by atoms with Gasteiger partial charge in [-0.1, -0.05) is 92.1 Å². The number of fused-ring (bicyclic) bond motifs is 6. The molecule has 0 aliphatic heterocycles. The number of furan rings is 2. The Labute approximate surface area is 200 Å². The van der Waals surface area contributed by atoms with Gasteiger partial charge in [-0.3, -0.25) is 0 Å². The molecule has 0 radical (unpaired) electrons. The van der Waals surface area contributed by atoms with Crippen molar-refractivity contribution in [3.05, 3.63) is 96.1 Å². The van der Waals surface area contributed by atoms with Crippen LogP contribution in [0, 0.1) is 23.8 Å². The SMILES string of the molecule is C#Cc1cccc2c1oc1ccccc12.C[Si](C)(C)C#Cc1cccc2c1oc1ccccc12. The van der Waals surface area contributed by atoms with E-state index in [0.29, 0.717) is 0 Å². The Bertz CT molecular complexity index is 1760. The molecule has 34 heavy (non-hydrogen) atoms. The summed E-state index contributed by atoms with van der Waals surface area (Å²) in [5.74, 6) is 5.94. The topological polar surface area (TPSA) is 26.3 Å². The average Bonchev–Trinajstić information content (AvgIpc) is 3.41. The molecule has 6 rings (SSSR count). The minimum absolute atomic E-state index is 0.807. The Hall–Kier alpha value is -4.18. The molecule has 2 heterocycles. The third-order valence-electron chi connectivity index (χ3n) is 5.54. The predicted molar refractivity (Wildman–Crippen MR) is 146 cm³/mol. The van der Waals surface area contributed by atoms with Crippen LogP contribution >= 0.6 is 0 Å². The van der Waals surface area contributed by atoms with Crippen LogP contribution in [0.4, 0.5) is 0 Å². The molecule has 3 heteroatoms. The van der Waals surface area contributed by atoms with E-state index in [1.807, 2.05) is 66.7 Å². The summed E-state index contributed by atoms with van der Waals surface area (Å²) in [5, 5.41) is 4.51. The van der Waals surface area contributed by atoms with Gasteiger partial charge in [-0.2, -0.15) is 0 Å². The average molecular weight is 457 g/mol. The minimum Gasteiger partial charge on any atom is -0.455 e. The van der Waals surface area contributed by atoms with Gasteiger partial charge in [-0.15, -0.1) is 12.0 Å². The van der Waals surface area contributed by atoms with Crippen LogP contribution in [0.1, 0.15) is 11.1 Å². The summed E-state index contributed by atoms with van der Waals surface area (Å²) < 4.78 is 11.7. The number of hydrogen-bond donors (Lipinski definition) is 0.